The highest BCUT2D eigenvalue weighted by molar-refractivity contribution is 5.99. The molecule has 2 aliphatic rings. The van der Waals surface area contributed by atoms with Crippen molar-refractivity contribution in [3.63, 3.8) is 0 Å². The quantitative estimate of drug-likeness (QED) is 0.230. The Balaban J connectivity index is 1.28. The number of carbonyl (C=O) groups is 1. The van der Waals surface area contributed by atoms with Crippen molar-refractivity contribution in [3.8, 4) is 28.8 Å². The average molecular weight is 617 g/mol. The van der Waals surface area contributed by atoms with Gasteiger partial charge < -0.3 is 20.3 Å². The molecule has 4 heterocycles. The number of halogens is 3. The van der Waals surface area contributed by atoms with Crippen LogP contribution in [0.4, 0.5) is 19.0 Å². The topological polar surface area (TPSA) is 126 Å². The zero-order valence-corrected chi connectivity index (χ0v) is 24.6. The van der Waals surface area contributed by atoms with Crippen LogP contribution in [0.25, 0.3) is 22.3 Å². The highest BCUT2D eigenvalue weighted by atomic mass is 19.2. The number of rotatable bonds is 6. The third kappa shape index (κ3) is 6.06. The molecular weight excluding hydrogens is 585 g/mol. The van der Waals surface area contributed by atoms with Crippen molar-refractivity contribution in [2.24, 2.45) is 5.92 Å². The number of amides is 1. The van der Waals surface area contributed by atoms with Crippen LogP contribution < -0.4 is 10.5 Å². The van der Waals surface area contributed by atoms with E-state index in [1.165, 1.54) is 30.6 Å². The maximum absolute atomic E-state index is 15.6. The number of carbonyl (C=O) groups excluding carboxylic acids is 1. The summed E-state index contributed by atoms with van der Waals surface area (Å²) in [4.78, 5) is 25.9. The van der Waals surface area contributed by atoms with Gasteiger partial charge in [0.2, 0.25) is 5.82 Å². The number of aromatic nitrogens is 4. The standard InChI is InChI=1S/C32H31F3N8O2/c1-41-12-9-19(10-13-41)14-20(16-36)32(44)42-11-3-4-21(17-42)43-31-27(30(37)38-18-39-31)29(40-43)23-8-7-22(15-25(23)34)45-26-6-2-5-24(33)28(26)35/h2,5-8,14-15,18-19,21H,3-4,9-13,17H2,1H3,(H2,37,38,39)/b20-14+/t21-/m0/s1. The first-order valence-corrected chi connectivity index (χ1v) is 14.7. The second-order valence-corrected chi connectivity index (χ2v) is 11.4. The lowest BCUT2D eigenvalue weighted by molar-refractivity contribution is -0.128. The molecule has 2 N–H and O–H groups in total. The first kappa shape index (κ1) is 30.1. The number of ether oxygens (including phenoxy) is 1. The lowest BCUT2D eigenvalue weighted by atomic mass is 9.94. The first-order chi connectivity index (χ1) is 21.7. The van der Waals surface area contributed by atoms with Gasteiger partial charge in [-0.05, 0) is 76.0 Å². The molecule has 0 spiro atoms. The monoisotopic (exact) mass is 616 g/mol. The van der Waals surface area contributed by atoms with E-state index in [9.17, 15) is 18.8 Å². The minimum atomic E-state index is -1.18. The number of anilines is 1. The number of nitriles is 1. The van der Waals surface area contributed by atoms with Gasteiger partial charge in [-0.3, -0.25) is 4.79 Å². The summed E-state index contributed by atoms with van der Waals surface area (Å²) in [6, 6.07) is 9.13. The normalized spacial score (nSPS) is 18.2. The minimum Gasteiger partial charge on any atom is -0.454 e. The van der Waals surface area contributed by atoms with Crippen molar-refractivity contribution in [2.75, 3.05) is 39.0 Å². The van der Waals surface area contributed by atoms with Crippen molar-refractivity contribution in [3.05, 3.63) is 71.8 Å². The SMILES string of the molecule is CN1CCC(/C=C(\C#N)C(=O)N2CCC[C@H](n3nc(-c4ccc(Oc5cccc(F)c5F)cc4F)c4c(N)ncnc43)C2)CC1. The average Bonchev–Trinajstić information content (AvgIpc) is 3.43. The fraction of sp³-hybridized carbons (Fsp3) is 0.344. The minimum absolute atomic E-state index is 0.0447. The summed E-state index contributed by atoms with van der Waals surface area (Å²) in [6.07, 6.45) is 6.23. The number of nitrogen functional groups attached to an aromatic ring is 1. The van der Waals surface area contributed by atoms with Crippen LogP contribution in [0.1, 0.15) is 31.7 Å². The second kappa shape index (κ2) is 12.6. The van der Waals surface area contributed by atoms with Crippen LogP contribution in [-0.2, 0) is 4.79 Å². The van der Waals surface area contributed by atoms with Crippen LogP contribution >= 0.6 is 0 Å². The van der Waals surface area contributed by atoms with Gasteiger partial charge in [0.15, 0.2) is 17.2 Å². The van der Waals surface area contributed by atoms with E-state index in [0.29, 0.717) is 30.4 Å². The van der Waals surface area contributed by atoms with E-state index in [4.69, 9.17) is 15.6 Å². The lowest BCUT2D eigenvalue weighted by Gasteiger charge is -2.33. The molecule has 1 amide bonds. The molecule has 2 fully saturated rings. The van der Waals surface area contributed by atoms with E-state index >= 15 is 4.39 Å². The Morgan fingerprint density at radius 1 is 1.09 bits per heavy atom. The van der Waals surface area contributed by atoms with E-state index in [1.54, 1.807) is 9.58 Å². The smallest absolute Gasteiger partial charge is 0.264 e. The van der Waals surface area contributed by atoms with Gasteiger partial charge in [0.25, 0.3) is 5.91 Å². The number of allylic oxidation sites excluding steroid dienone is 1. The van der Waals surface area contributed by atoms with E-state index in [-0.39, 0.29) is 58.6 Å². The van der Waals surface area contributed by atoms with Gasteiger partial charge in [-0.25, -0.2) is 23.4 Å². The predicted octanol–water partition coefficient (Wildman–Crippen LogP) is 5.24. The fourth-order valence-corrected chi connectivity index (χ4v) is 5.98. The summed E-state index contributed by atoms with van der Waals surface area (Å²) in [5.41, 5.74) is 7.02. The third-order valence-corrected chi connectivity index (χ3v) is 8.40. The van der Waals surface area contributed by atoms with Gasteiger partial charge in [-0.1, -0.05) is 12.1 Å². The van der Waals surface area contributed by atoms with Gasteiger partial charge in [0.1, 0.15) is 41.0 Å². The summed E-state index contributed by atoms with van der Waals surface area (Å²) in [6.45, 7) is 2.61. The summed E-state index contributed by atoms with van der Waals surface area (Å²) in [5, 5.41) is 14.9. The van der Waals surface area contributed by atoms with Gasteiger partial charge >= 0.3 is 0 Å². The molecule has 2 aromatic carbocycles. The molecule has 1 atom stereocenters. The maximum Gasteiger partial charge on any atom is 0.264 e. The number of hydrogen-bond acceptors (Lipinski definition) is 8. The predicted molar refractivity (Wildman–Crippen MR) is 160 cm³/mol. The highest BCUT2D eigenvalue weighted by Crippen LogP contribution is 2.37. The number of likely N-dealkylation sites (tertiary alicyclic amines) is 2. The molecule has 0 saturated carbocycles. The van der Waals surface area contributed by atoms with E-state index in [1.807, 2.05) is 6.08 Å². The number of fused-ring (bicyclic) bond motifs is 1. The van der Waals surface area contributed by atoms with Crippen molar-refractivity contribution in [2.45, 2.75) is 31.7 Å². The van der Waals surface area contributed by atoms with Crippen LogP contribution in [0.15, 0.2) is 54.4 Å². The lowest BCUT2D eigenvalue weighted by Crippen LogP contribution is -2.41. The van der Waals surface area contributed by atoms with Crippen LogP contribution in [-0.4, -0.2) is 68.7 Å². The van der Waals surface area contributed by atoms with Crippen LogP contribution in [0.3, 0.4) is 0 Å². The number of nitrogens with two attached hydrogens (primary N) is 1. The molecule has 2 aromatic heterocycles. The third-order valence-electron chi connectivity index (χ3n) is 8.40. The summed E-state index contributed by atoms with van der Waals surface area (Å²) in [7, 11) is 2.06. The van der Waals surface area contributed by atoms with E-state index < -0.39 is 17.5 Å². The largest absolute Gasteiger partial charge is 0.454 e. The molecule has 4 aromatic rings. The molecule has 10 nitrogen and oxygen atoms in total. The zero-order chi connectivity index (χ0) is 31.7. The molecular formula is C32H31F3N8O2. The Morgan fingerprint density at radius 3 is 2.64 bits per heavy atom. The molecule has 0 radical (unpaired) electrons. The van der Waals surface area contributed by atoms with Crippen molar-refractivity contribution in [1.29, 1.82) is 5.26 Å². The molecule has 232 valence electrons. The number of piperidine rings is 2. The summed E-state index contributed by atoms with van der Waals surface area (Å²) < 4.78 is 50.3. The van der Waals surface area contributed by atoms with Gasteiger partial charge in [0, 0.05) is 24.7 Å². The summed E-state index contributed by atoms with van der Waals surface area (Å²) in [5.74, 6) is -3.48. The Hall–Kier alpha value is -4.96. The molecule has 2 aliphatic heterocycles. The molecule has 0 aliphatic carbocycles. The zero-order valence-electron chi connectivity index (χ0n) is 24.6. The number of benzene rings is 2. The Morgan fingerprint density at radius 2 is 1.89 bits per heavy atom. The first-order valence-electron chi connectivity index (χ1n) is 14.7. The van der Waals surface area contributed by atoms with Gasteiger partial charge in [-0.15, -0.1) is 0 Å². The van der Waals surface area contributed by atoms with Crippen LogP contribution in [0.5, 0.6) is 11.5 Å². The van der Waals surface area contributed by atoms with Gasteiger partial charge in [0.05, 0.1) is 11.4 Å². The van der Waals surface area contributed by atoms with Crippen molar-refractivity contribution in [1.82, 2.24) is 29.5 Å². The van der Waals surface area contributed by atoms with Gasteiger partial charge in [-0.2, -0.15) is 14.8 Å². The molecule has 0 unspecified atom stereocenters. The Labute approximate surface area is 257 Å². The van der Waals surface area contributed by atoms with Crippen molar-refractivity contribution < 1.29 is 22.7 Å². The Bertz CT molecular complexity index is 1830. The molecule has 6 rings (SSSR count). The number of nitrogens with zero attached hydrogens (tertiary/aromatic N) is 7. The van der Waals surface area contributed by atoms with E-state index in [0.717, 1.165) is 38.1 Å². The molecule has 13 heteroatoms. The Kier molecular flexibility index (Phi) is 8.40. The molecule has 0 bridgehead atoms. The molecule has 2 saturated heterocycles. The summed E-state index contributed by atoms with van der Waals surface area (Å²) >= 11 is 0. The highest BCUT2D eigenvalue weighted by Gasteiger charge is 2.31. The van der Waals surface area contributed by atoms with Crippen molar-refractivity contribution >= 4 is 22.8 Å². The van der Waals surface area contributed by atoms with E-state index in [2.05, 4.69) is 28.0 Å². The number of hydrogen-bond donors (Lipinski definition) is 1. The van der Waals surface area contributed by atoms with Crippen LogP contribution in [0.2, 0.25) is 0 Å². The maximum atomic E-state index is 15.6. The molecule has 45 heavy (non-hydrogen) atoms. The second-order valence-electron chi connectivity index (χ2n) is 11.4. The van der Waals surface area contributed by atoms with Crippen LogP contribution in [0, 0.1) is 34.7 Å². The fourth-order valence-electron chi connectivity index (χ4n) is 5.98.